The van der Waals surface area contributed by atoms with E-state index in [1.807, 2.05) is 31.2 Å². The van der Waals surface area contributed by atoms with Gasteiger partial charge in [0.15, 0.2) is 0 Å². The molecule has 0 spiro atoms. The van der Waals surface area contributed by atoms with Gasteiger partial charge in [-0.1, -0.05) is 34.1 Å². The maximum Gasteiger partial charge on any atom is 0.127 e. The summed E-state index contributed by atoms with van der Waals surface area (Å²) in [5, 5.41) is 3.35. The number of benzene rings is 2. The van der Waals surface area contributed by atoms with Gasteiger partial charge in [-0.2, -0.15) is 0 Å². The molecule has 2 nitrogen and oxygen atoms in total. The molecular weight excluding hydrogens is 333 g/mol. The van der Waals surface area contributed by atoms with E-state index in [0.29, 0.717) is 12.1 Å². The Kier molecular flexibility index (Phi) is 4.27. The molecule has 2 unspecified atom stereocenters. The van der Waals surface area contributed by atoms with Crippen LogP contribution >= 0.6 is 15.9 Å². The molecule has 0 aromatic heterocycles. The molecule has 4 heteroatoms. The predicted octanol–water partition coefficient (Wildman–Crippen LogP) is 4.24. The van der Waals surface area contributed by atoms with E-state index in [4.69, 9.17) is 4.74 Å². The Morgan fingerprint density at radius 1 is 1.33 bits per heavy atom. The molecular formula is C17H17BrFNO. The van der Waals surface area contributed by atoms with E-state index in [1.165, 1.54) is 11.6 Å². The summed E-state index contributed by atoms with van der Waals surface area (Å²) in [7, 11) is 0. The smallest absolute Gasteiger partial charge is 0.127 e. The zero-order chi connectivity index (χ0) is 14.8. The fourth-order valence-electron chi connectivity index (χ4n) is 2.65. The van der Waals surface area contributed by atoms with Crippen LogP contribution in [0.15, 0.2) is 46.9 Å². The van der Waals surface area contributed by atoms with Gasteiger partial charge in [0, 0.05) is 29.0 Å². The SMILES string of the molecule is CC(NCC1Cc2cc(Br)ccc2O1)c1ccccc1F. The van der Waals surface area contributed by atoms with Crippen LogP contribution in [0.1, 0.15) is 24.1 Å². The van der Waals surface area contributed by atoms with Crippen LogP contribution in [0.4, 0.5) is 4.39 Å². The molecule has 0 saturated heterocycles. The molecule has 1 aliphatic rings. The molecule has 1 aliphatic heterocycles. The first-order valence-corrected chi connectivity index (χ1v) is 7.85. The van der Waals surface area contributed by atoms with E-state index in [2.05, 4.69) is 27.3 Å². The van der Waals surface area contributed by atoms with E-state index in [1.54, 1.807) is 6.07 Å². The van der Waals surface area contributed by atoms with Gasteiger partial charge < -0.3 is 10.1 Å². The summed E-state index contributed by atoms with van der Waals surface area (Å²) in [5.41, 5.74) is 1.91. The summed E-state index contributed by atoms with van der Waals surface area (Å²) in [6.07, 6.45) is 0.981. The number of fused-ring (bicyclic) bond motifs is 1. The van der Waals surface area contributed by atoms with Crippen molar-refractivity contribution in [2.24, 2.45) is 0 Å². The van der Waals surface area contributed by atoms with Crippen LogP contribution in [-0.2, 0) is 6.42 Å². The fourth-order valence-corrected chi connectivity index (χ4v) is 3.06. The minimum atomic E-state index is -0.169. The molecule has 1 N–H and O–H groups in total. The molecule has 2 aromatic rings. The Morgan fingerprint density at radius 3 is 2.95 bits per heavy atom. The van der Waals surface area contributed by atoms with E-state index in [-0.39, 0.29) is 18.0 Å². The Hall–Kier alpha value is -1.39. The highest BCUT2D eigenvalue weighted by Crippen LogP contribution is 2.31. The Morgan fingerprint density at radius 2 is 2.14 bits per heavy atom. The van der Waals surface area contributed by atoms with Gasteiger partial charge in [-0.3, -0.25) is 0 Å². The number of ether oxygens (including phenoxy) is 1. The van der Waals surface area contributed by atoms with Crippen molar-refractivity contribution in [2.75, 3.05) is 6.54 Å². The zero-order valence-corrected chi connectivity index (χ0v) is 13.4. The Balaban J connectivity index is 1.59. The predicted molar refractivity (Wildman–Crippen MR) is 85.1 cm³/mol. The van der Waals surface area contributed by atoms with E-state index in [0.717, 1.165) is 16.6 Å². The lowest BCUT2D eigenvalue weighted by molar-refractivity contribution is 0.222. The van der Waals surface area contributed by atoms with Gasteiger partial charge in [-0.05, 0) is 36.8 Å². The van der Waals surface area contributed by atoms with Crippen molar-refractivity contribution < 1.29 is 9.13 Å². The van der Waals surface area contributed by atoms with Gasteiger partial charge in [0.2, 0.25) is 0 Å². The molecule has 110 valence electrons. The quantitative estimate of drug-likeness (QED) is 0.891. The maximum absolute atomic E-state index is 13.7. The summed E-state index contributed by atoms with van der Waals surface area (Å²) in [6, 6.07) is 12.9. The third-order valence-corrected chi connectivity index (χ3v) is 4.28. The highest BCUT2D eigenvalue weighted by atomic mass is 79.9. The third-order valence-electron chi connectivity index (χ3n) is 3.79. The summed E-state index contributed by atoms with van der Waals surface area (Å²) in [5.74, 6) is 0.778. The summed E-state index contributed by atoms with van der Waals surface area (Å²) < 4.78 is 20.7. The first-order valence-electron chi connectivity index (χ1n) is 7.06. The number of hydrogen-bond donors (Lipinski definition) is 1. The Bertz CT molecular complexity index is 646. The van der Waals surface area contributed by atoms with Crippen LogP contribution in [0.25, 0.3) is 0 Å². The molecule has 0 fully saturated rings. The second-order valence-corrected chi connectivity index (χ2v) is 6.26. The molecule has 2 atom stereocenters. The lowest BCUT2D eigenvalue weighted by Crippen LogP contribution is -2.32. The number of nitrogens with one attached hydrogen (secondary N) is 1. The Labute approximate surface area is 132 Å². The first kappa shape index (κ1) is 14.5. The highest BCUT2D eigenvalue weighted by Gasteiger charge is 2.23. The van der Waals surface area contributed by atoms with Crippen LogP contribution in [0.5, 0.6) is 5.75 Å². The van der Waals surface area contributed by atoms with Gasteiger partial charge in [-0.15, -0.1) is 0 Å². The minimum Gasteiger partial charge on any atom is -0.488 e. The van der Waals surface area contributed by atoms with Crippen molar-refractivity contribution in [3.8, 4) is 5.75 Å². The molecule has 0 amide bonds. The molecule has 21 heavy (non-hydrogen) atoms. The molecule has 0 radical (unpaired) electrons. The van der Waals surface area contributed by atoms with Crippen LogP contribution in [0.3, 0.4) is 0 Å². The fraction of sp³-hybridized carbons (Fsp3) is 0.294. The van der Waals surface area contributed by atoms with Gasteiger partial charge in [-0.25, -0.2) is 4.39 Å². The molecule has 3 rings (SSSR count). The second kappa shape index (κ2) is 6.16. The molecule has 1 heterocycles. The van der Waals surface area contributed by atoms with Crippen LogP contribution in [0.2, 0.25) is 0 Å². The lowest BCUT2D eigenvalue weighted by Gasteiger charge is -2.18. The normalized spacial score (nSPS) is 18.1. The van der Waals surface area contributed by atoms with Crippen molar-refractivity contribution in [3.05, 3.63) is 63.9 Å². The van der Waals surface area contributed by atoms with Crippen molar-refractivity contribution >= 4 is 15.9 Å². The topological polar surface area (TPSA) is 21.3 Å². The number of rotatable bonds is 4. The average molecular weight is 350 g/mol. The molecule has 2 aromatic carbocycles. The highest BCUT2D eigenvalue weighted by molar-refractivity contribution is 9.10. The van der Waals surface area contributed by atoms with Gasteiger partial charge in [0.05, 0.1) is 0 Å². The van der Waals surface area contributed by atoms with Crippen LogP contribution in [0, 0.1) is 5.82 Å². The van der Waals surface area contributed by atoms with Crippen molar-refractivity contribution in [3.63, 3.8) is 0 Å². The maximum atomic E-state index is 13.7. The second-order valence-electron chi connectivity index (χ2n) is 5.35. The summed E-state index contributed by atoms with van der Waals surface area (Å²) >= 11 is 3.47. The third kappa shape index (κ3) is 3.27. The van der Waals surface area contributed by atoms with E-state index < -0.39 is 0 Å². The monoisotopic (exact) mass is 349 g/mol. The van der Waals surface area contributed by atoms with Gasteiger partial charge in [0.25, 0.3) is 0 Å². The average Bonchev–Trinajstić information content (AvgIpc) is 2.87. The van der Waals surface area contributed by atoms with Gasteiger partial charge >= 0.3 is 0 Å². The van der Waals surface area contributed by atoms with E-state index in [9.17, 15) is 4.39 Å². The van der Waals surface area contributed by atoms with Gasteiger partial charge in [0.1, 0.15) is 17.7 Å². The number of hydrogen-bond acceptors (Lipinski definition) is 2. The summed E-state index contributed by atoms with van der Waals surface area (Å²) in [6.45, 7) is 2.67. The van der Waals surface area contributed by atoms with Crippen molar-refractivity contribution in [2.45, 2.75) is 25.5 Å². The standard InChI is InChI=1S/C17H17BrFNO/c1-11(15-4-2-3-5-16(15)19)20-10-14-9-12-8-13(18)6-7-17(12)21-14/h2-8,11,14,20H,9-10H2,1H3. The summed E-state index contributed by atoms with van der Waals surface area (Å²) in [4.78, 5) is 0. The minimum absolute atomic E-state index is 0.0368. The van der Waals surface area contributed by atoms with Crippen molar-refractivity contribution in [1.29, 1.82) is 0 Å². The van der Waals surface area contributed by atoms with Crippen LogP contribution in [-0.4, -0.2) is 12.6 Å². The van der Waals surface area contributed by atoms with Crippen LogP contribution < -0.4 is 10.1 Å². The van der Waals surface area contributed by atoms with Crippen molar-refractivity contribution in [1.82, 2.24) is 5.32 Å². The number of halogens is 2. The first-order chi connectivity index (χ1) is 10.1. The largest absolute Gasteiger partial charge is 0.488 e. The zero-order valence-electron chi connectivity index (χ0n) is 11.8. The molecule has 0 aliphatic carbocycles. The van der Waals surface area contributed by atoms with E-state index >= 15 is 0 Å². The molecule has 0 saturated carbocycles. The lowest BCUT2D eigenvalue weighted by atomic mass is 10.1. The molecule has 0 bridgehead atoms.